The third kappa shape index (κ3) is 20.5. The Kier molecular flexibility index (Phi) is 21.0. The predicted octanol–water partition coefficient (Wildman–Crippen LogP) is 9.43. The number of ether oxygens (including phenoxy) is 2. The average molecular weight is 659 g/mol. The van der Waals surface area contributed by atoms with Crippen molar-refractivity contribution in [2.24, 2.45) is 0 Å². The van der Waals surface area contributed by atoms with Crippen LogP contribution in [0.3, 0.4) is 0 Å². The van der Waals surface area contributed by atoms with Gasteiger partial charge in [-0.2, -0.15) is 0 Å². The molecule has 3 N–H and O–H groups in total. The van der Waals surface area contributed by atoms with Crippen LogP contribution in [0.25, 0.3) is 0 Å². The van der Waals surface area contributed by atoms with Gasteiger partial charge in [0.15, 0.2) is 0 Å². The number of rotatable bonds is 27. The van der Waals surface area contributed by atoms with Crippen molar-refractivity contribution in [2.45, 2.75) is 142 Å². The van der Waals surface area contributed by atoms with Gasteiger partial charge >= 0.3 is 7.60 Å². The minimum absolute atomic E-state index is 0.104. The average Bonchev–Trinajstić information content (AvgIpc) is 3.03. The highest BCUT2D eigenvalue weighted by Gasteiger charge is 2.14. The molecule has 0 saturated heterocycles. The summed E-state index contributed by atoms with van der Waals surface area (Å²) in [6.07, 6.45) is 23.4. The maximum absolute atomic E-state index is 12.7. The second-order valence-corrected chi connectivity index (χ2v) is 13.7. The highest BCUT2D eigenvalue weighted by Crippen LogP contribution is 2.36. The molecule has 1 aromatic heterocycles. The van der Waals surface area contributed by atoms with E-state index < -0.39 is 13.6 Å². The number of carbonyl (C=O) groups excluding carboxylic acids is 1. The monoisotopic (exact) mass is 658 g/mol. The lowest BCUT2D eigenvalue weighted by molar-refractivity contribution is -0.121. The molecule has 0 bridgehead atoms. The first-order chi connectivity index (χ1) is 22.3. The summed E-state index contributed by atoms with van der Waals surface area (Å²) in [6, 6.07) is 10.7. The van der Waals surface area contributed by atoms with Crippen molar-refractivity contribution < 1.29 is 28.6 Å². The molecule has 1 amide bonds. The highest BCUT2D eigenvalue weighted by atomic mass is 31.2. The lowest BCUT2D eigenvalue weighted by Crippen LogP contribution is -2.34. The molecule has 2 rings (SSSR count). The molecule has 1 atom stereocenters. The molecule has 0 spiro atoms. The fourth-order valence-corrected chi connectivity index (χ4v) is 5.70. The van der Waals surface area contributed by atoms with E-state index in [4.69, 9.17) is 9.47 Å². The quantitative estimate of drug-likeness (QED) is 0.0646. The van der Waals surface area contributed by atoms with Crippen molar-refractivity contribution in [3.8, 4) is 11.5 Å². The second-order valence-electron chi connectivity index (χ2n) is 12.3. The van der Waals surface area contributed by atoms with Gasteiger partial charge < -0.3 is 24.6 Å². The Morgan fingerprint density at radius 2 is 1.39 bits per heavy atom. The summed E-state index contributed by atoms with van der Waals surface area (Å²) < 4.78 is 23.2. The molecule has 9 heteroatoms. The first kappa shape index (κ1) is 39.5. The van der Waals surface area contributed by atoms with Crippen molar-refractivity contribution in [3.63, 3.8) is 0 Å². The minimum Gasteiger partial charge on any atom is -0.493 e. The van der Waals surface area contributed by atoms with Crippen LogP contribution in [0.15, 0.2) is 54.5 Å². The Morgan fingerprint density at radius 3 is 2.00 bits per heavy atom. The third-order valence-electron chi connectivity index (χ3n) is 7.94. The number of aromatic nitrogens is 1. The fourth-order valence-electron chi connectivity index (χ4n) is 5.27. The second kappa shape index (κ2) is 24.5. The summed E-state index contributed by atoms with van der Waals surface area (Å²) in [5.41, 5.74) is 1.68. The predicted molar refractivity (Wildman–Crippen MR) is 187 cm³/mol. The zero-order chi connectivity index (χ0) is 33.3. The van der Waals surface area contributed by atoms with Gasteiger partial charge in [0, 0.05) is 24.5 Å². The summed E-state index contributed by atoms with van der Waals surface area (Å²) in [7, 11) is -4.35. The van der Waals surface area contributed by atoms with Crippen molar-refractivity contribution in [1.82, 2.24) is 10.3 Å². The van der Waals surface area contributed by atoms with Crippen LogP contribution in [0.1, 0.15) is 134 Å². The van der Waals surface area contributed by atoms with Gasteiger partial charge in [0.05, 0.1) is 18.3 Å². The number of nitrogens with zero attached hydrogens (tertiary/aromatic N) is 1. The highest BCUT2D eigenvalue weighted by molar-refractivity contribution is 7.55. The van der Waals surface area contributed by atoms with E-state index in [2.05, 4.69) is 24.1 Å². The fraction of sp³-hybridized carbons (Fsp3) is 0.622. The third-order valence-corrected chi connectivity index (χ3v) is 8.50. The number of hydrogen-bond acceptors (Lipinski definition) is 5. The topological polar surface area (TPSA) is 118 Å². The maximum Gasteiger partial charge on any atom is 0.348 e. The van der Waals surface area contributed by atoms with E-state index in [0.717, 1.165) is 61.3 Å². The van der Waals surface area contributed by atoms with E-state index in [9.17, 15) is 19.1 Å². The van der Waals surface area contributed by atoms with Crippen LogP contribution < -0.4 is 14.8 Å². The molecule has 0 saturated carbocycles. The normalized spacial score (nSPS) is 12.3. The van der Waals surface area contributed by atoms with E-state index in [1.54, 1.807) is 6.20 Å². The van der Waals surface area contributed by atoms with Crippen LogP contribution in [-0.2, 0) is 22.4 Å². The van der Waals surface area contributed by atoms with Gasteiger partial charge in [-0.25, -0.2) is 0 Å². The molecule has 258 valence electrons. The molecule has 46 heavy (non-hydrogen) atoms. The van der Waals surface area contributed by atoms with Crippen LogP contribution in [0.5, 0.6) is 11.5 Å². The van der Waals surface area contributed by atoms with Crippen LogP contribution in [-0.4, -0.2) is 33.3 Å². The summed E-state index contributed by atoms with van der Waals surface area (Å²) >= 11 is 0. The first-order valence-electron chi connectivity index (χ1n) is 17.6. The molecule has 0 aliphatic carbocycles. The number of pyridine rings is 1. The Morgan fingerprint density at radius 1 is 0.804 bits per heavy atom. The molecule has 0 aliphatic heterocycles. The lowest BCUT2D eigenvalue weighted by atomic mass is 10.0. The molecule has 1 heterocycles. The van der Waals surface area contributed by atoms with E-state index in [1.165, 1.54) is 70.3 Å². The summed E-state index contributed by atoms with van der Waals surface area (Å²) in [5.74, 6) is 2.22. The standard InChI is InChI=1S/C37H59N2O6P/c1-3-5-7-8-9-10-11-12-13-14-15-16-17-19-37(40)39-33(25-28-46(41,42)43)29-32-20-22-35(23-21-32)45-31-34-30-36(24-26-38-34)44-27-18-6-4-2/h20-26,28,30,33H,3-19,27,29,31H2,1-2H3,(H,39,40)(H2,41,42,43)/b28-25+. The van der Waals surface area contributed by atoms with Crippen LogP contribution in [0.2, 0.25) is 0 Å². The molecular formula is C37H59N2O6P. The van der Waals surface area contributed by atoms with E-state index in [-0.39, 0.29) is 5.91 Å². The van der Waals surface area contributed by atoms with Crippen molar-refractivity contribution >= 4 is 13.5 Å². The van der Waals surface area contributed by atoms with E-state index in [0.29, 0.717) is 31.8 Å². The number of carbonyl (C=O) groups is 1. The Hall–Kier alpha value is -2.67. The van der Waals surface area contributed by atoms with Gasteiger partial charge in [-0.1, -0.05) is 122 Å². The van der Waals surface area contributed by atoms with Crippen molar-refractivity contribution in [1.29, 1.82) is 0 Å². The molecule has 0 aliphatic rings. The summed E-state index contributed by atoms with van der Waals surface area (Å²) in [4.78, 5) is 35.8. The van der Waals surface area contributed by atoms with E-state index >= 15 is 0 Å². The maximum atomic E-state index is 12.7. The largest absolute Gasteiger partial charge is 0.493 e. The summed E-state index contributed by atoms with van der Waals surface area (Å²) in [5, 5.41) is 2.95. The number of benzene rings is 1. The molecule has 8 nitrogen and oxygen atoms in total. The lowest BCUT2D eigenvalue weighted by Gasteiger charge is -2.16. The molecule has 0 radical (unpaired) electrons. The number of nitrogens with one attached hydrogen (secondary N) is 1. The molecular weight excluding hydrogens is 599 g/mol. The Labute approximate surface area is 277 Å². The van der Waals surface area contributed by atoms with Gasteiger partial charge in [-0.3, -0.25) is 14.3 Å². The zero-order valence-corrected chi connectivity index (χ0v) is 29.2. The van der Waals surface area contributed by atoms with E-state index in [1.807, 2.05) is 36.4 Å². The first-order valence-corrected chi connectivity index (χ1v) is 19.3. The zero-order valence-electron chi connectivity index (χ0n) is 28.3. The van der Waals surface area contributed by atoms with Gasteiger partial charge in [0.2, 0.25) is 5.91 Å². The van der Waals surface area contributed by atoms with Gasteiger partial charge in [0.25, 0.3) is 0 Å². The Bertz CT molecular complexity index is 1150. The van der Waals surface area contributed by atoms with Crippen LogP contribution >= 0.6 is 7.60 Å². The van der Waals surface area contributed by atoms with Gasteiger partial charge in [-0.15, -0.1) is 0 Å². The molecule has 1 aromatic carbocycles. The smallest absolute Gasteiger partial charge is 0.348 e. The van der Waals surface area contributed by atoms with Crippen molar-refractivity contribution in [2.75, 3.05) is 6.61 Å². The van der Waals surface area contributed by atoms with Gasteiger partial charge in [0.1, 0.15) is 18.1 Å². The molecule has 1 unspecified atom stereocenters. The molecule has 0 fully saturated rings. The Balaban J connectivity index is 1.73. The molecule has 2 aromatic rings. The SMILES string of the molecule is CCCCCCCCCCCCCCCC(=O)NC(/C=C/P(=O)(O)O)Cc1ccc(OCc2cc(OCCCCC)ccn2)cc1. The summed E-state index contributed by atoms with van der Waals surface area (Å²) in [6.45, 7) is 5.40. The number of unbranched alkanes of at least 4 members (excludes halogenated alkanes) is 14. The van der Waals surface area contributed by atoms with Crippen LogP contribution in [0, 0.1) is 0 Å². The minimum atomic E-state index is -4.35. The van der Waals surface area contributed by atoms with Gasteiger partial charge in [-0.05, 0) is 43.0 Å². The number of hydrogen-bond donors (Lipinski definition) is 3. The number of amides is 1. The van der Waals surface area contributed by atoms with Crippen LogP contribution in [0.4, 0.5) is 0 Å². The van der Waals surface area contributed by atoms with Crippen molar-refractivity contribution in [3.05, 3.63) is 65.7 Å².